The van der Waals surface area contributed by atoms with Gasteiger partial charge >= 0.3 is 0 Å². The minimum atomic E-state index is -0.0395. The zero-order chi connectivity index (χ0) is 24.2. The molecule has 0 bridgehead atoms. The van der Waals surface area contributed by atoms with Gasteiger partial charge in [0.1, 0.15) is 15.6 Å². The van der Waals surface area contributed by atoms with E-state index in [0.29, 0.717) is 27.7 Å². The van der Waals surface area contributed by atoms with Gasteiger partial charge in [0.2, 0.25) is 0 Å². The van der Waals surface area contributed by atoms with E-state index in [9.17, 15) is 4.79 Å². The Morgan fingerprint density at radius 1 is 1.14 bits per heavy atom. The summed E-state index contributed by atoms with van der Waals surface area (Å²) in [6.45, 7) is 4.00. The predicted molar refractivity (Wildman–Crippen MR) is 145 cm³/mol. The van der Waals surface area contributed by atoms with Crippen molar-refractivity contribution < 1.29 is 9.53 Å². The molecule has 1 amide bonds. The SMILES string of the molecule is COc1ccc2cc3cc(C(=O)NCCCN4CCC(Cc5ccccc5)CC4)sc3nc2c1Cl. The molecule has 5 nitrogen and oxygen atoms in total. The molecule has 3 heterocycles. The average Bonchev–Trinajstić information content (AvgIpc) is 3.31. The van der Waals surface area contributed by atoms with E-state index in [2.05, 4.69) is 40.5 Å². The maximum absolute atomic E-state index is 12.8. The third-order valence-corrected chi connectivity index (χ3v) is 8.24. The zero-order valence-corrected chi connectivity index (χ0v) is 21.5. The zero-order valence-electron chi connectivity index (χ0n) is 19.9. The van der Waals surface area contributed by atoms with Gasteiger partial charge in [-0.3, -0.25) is 4.79 Å². The summed E-state index contributed by atoms with van der Waals surface area (Å²) in [5, 5.41) is 5.46. The summed E-state index contributed by atoms with van der Waals surface area (Å²) in [6.07, 6.45) is 4.64. The monoisotopic (exact) mass is 507 g/mol. The van der Waals surface area contributed by atoms with Crippen LogP contribution in [-0.4, -0.2) is 49.1 Å². The molecule has 2 aromatic carbocycles. The molecule has 0 aliphatic carbocycles. The highest BCUT2D eigenvalue weighted by Crippen LogP contribution is 2.35. The van der Waals surface area contributed by atoms with Crippen molar-refractivity contribution in [2.45, 2.75) is 25.7 Å². The number of rotatable bonds is 8. The number of pyridine rings is 1. The topological polar surface area (TPSA) is 54.5 Å². The first kappa shape index (κ1) is 24.0. The van der Waals surface area contributed by atoms with Gasteiger partial charge in [-0.2, -0.15) is 0 Å². The van der Waals surface area contributed by atoms with Gasteiger partial charge in [0, 0.05) is 17.3 Å². The maximum atomic E-state index is 12.8. The van der Waals surface area contributed by atoms with Gasteiger partial charge in [0.05, 0.1) is 17.5 Å². The van der Waals surface area contributed by atoms with Crippen LogP contribution >= 0.6 is 22.9 Å². The van der Waals surface area contributed by atoms with Gasteiger partial charge in [0.15, 0.2) is 0 Å². The molecule has 0 unspecified atom stereocenters. The lowest BCUT2D eigenvalue weighted by molar-refractivity contribution is 0.0954. The van der Waals surface area contributed by atoms with Crippen molar-refractivity contribution in [2.75, 3.05) is 33.3 Å². The summed E-state index contributed by atoms with van der Waals surface area (Å²) < 4.78 is 5.30. The summed E-state index contributed by atoms with van der Waals surface area (Å²) in [5.74, 6) is 1.34. The second kappa shape index (κ2) is 10.9. The second-order valence-electron chi connectivity index (χ2n) is 9.23. The third-order valence-electron chi connectivity index (χ3n) is 6.83. The number of likely N-dealkylation sites (tertiary alicyclic amines) is 1. The lowest BCUT2D eigenvalue weighted by Gasteiger charge is -2.32. The molecule has 2 aromatic heterocycles. The second-order valence-corrected chi connectivity index (χ2v) is 10.6. The molecule has 0 saturated carbocycles. The number of halogens is 1. The van der Waals surface area contributed by atoms with Crippen molar-refractivity contribution in [1.82, 2.24) is 15.2 Å². The number of methoxy groups -OCH3 is 1. The van der Waals surface area contributed by atoms with Gasteiger partial charge in [-0.15, -0.1) is 11.3 Å². The van der Waals surface area contributed by atoms with Gasteiger partial charge in [-0.05, 0) is 81.1 Å². The van der Waals surface area contributed by atoms with Crippen LogP contribution in [0.2, 0.25) is 5.02 Å². The molecule has 0 radical (unpaired) electrons. The Labute approximate surface area is 215 Å². The highest BCUT2D eigenvalue weighted by atomic mass is 35.5. The highest BCUT2D eigenvalue weighted by molar-refractivity contribution is 7.20. The Balaban J connectivity index is 1.10. The summed E-state index contributed by atoms with van der Waals surface area (Å²) >= 11 is 7.83. The summed E-state index contributed by atoms with van der Waals surface area (Å²) in [5.41, 5.74) is 2.14. The van der Waals surface area contributed by atoms with Gasteiger partial charge < -0.3 is 15.0 Å². The van der Waals surface area contributed by atoms with E-state index in [1.54, 1.807) is 7.11 Å². The fourth-order valence-electron chi connectivity index (χ4n) is 4.87. The van der Waals surface area contributed by atoms with Crippen LogP contribution in [0.3, 0.4) is 0 Å². The van der Waals surface area contributed by atoms with Crippen LogP contribution in [0.25, 0.3) is 21.1 Å². The summed E-state index contributed by atoms with van der Waals surface area (Å²) in [7, 11) is 1.59. The first-order chi connectivity index (χ1) is 17.1. The van der Waals surface area contributed by atoms with Crippen LogP contribution in [-0.2, 0) is 6.42 Å². The van der Waals surface area contributed by atoms with Crippen LogP contribution in [0, 0.1) is 5.92 Å². The molecule has 0 spiro atoms. The molecule has 1 aliphatic heterocycles. The Kier molecular flexibility index (Phi) is 7.51. The minimum absolute atomic E-state index is 0.0395. The van der Waals surface area contributed by atoms with E-state index in [1.165, 1.54) is 36.2 Å². The minimum Gasteiger partial charge on any atom is -0.495 e. The molecule has 1 N–H and O–H groups in total. The summed E-state index contributed by atoms with van der Waals surface area (Å²) in [6, 6.07) is 18.5. The summed E-state index contributed by atoms with van der Waals surface area (Å²) in [4.78, 5) is 21.5. The number of aromatic nitrogens is 1. The van der Waals surface area contributed by atoms with E-state index < -0.39 is 0 Å². The van der Waals surface area contributed by atoms with Gasteiger partial charge in [0.25, 0.3) is 5.91 Å². The quantitative estimate of drug-likeness (QED) is 0.289. The van der Waals surface area contributed by atoms with Crippen molar-refractivity contribution in [3.05, 3.63) is 70.1 Å². The van der Waals surface area contributed by atoms with Crippen LogP contribution in [0.15, 0.2) is 54.6 Å². The molecule has 7 heteroatoms. The van der Waals surface area contributed by atoms with Crippen molar-refractivity contribution in [3.8, 4) is 5.75 Å². The Morgan fingerprint density at radius 3 is 2.71 bits per heavy atom. The molecule has 1 fully saturated rings. The smallest absolute Gasteiger partial charge is 0.261 e. The first-order valence-electron chi connectivity index (χ1n) is 12.2. The Hall–Kier alpha value is -2.67. The number of nitrogens with zero attached hydrogens (tertiary/aromatic N) is 2. The molecular formula is C28H30ClN3O2S. The number of carbonyl (C=O) groups is 1. The number of benzene rings is 2. The molecular weight excluding hydrogens is 478 g/mol. The lowest BCUT2D eigenvalue weighted by Crippen LogP contribution is -2.36. The maximum Gasteiger partial charge on any atom is 0.261 e. The molecule has 0 atom stereocenters. The van der Waals surface area contributed by atoms with Crippen LogP contribution in [0.5, 0.6) is 5.75 Å². The number of ether oxygens (including phenoxy) is 1. The van der Waals surface area contributed by atoms with Crippen LogP contribution in [0.4, 0.5) is 0 Å². The average molecular weight is 508 g/mol. The number of hydrogen-bond acceptors (Lipinski definition) is 5. The molecule has 1 aliphatic rings. The van der Waals surface area contributed by atoms with Crippen molar-refractivity contribution in [1.29, 1.82) is 0 Å². The highest BCUT2D eigenvalue weighted by Gasteiger charge is 2.19. The number of piperidine rings is 1. The lowest BCUT2D eigenvalue weighted by atomic mass is 9.90. The molecule has 4 aromatic rings. The molecule has 182 valence electrons. The number of amides is 1. The van der Waals surface area contributed by atoms with Gasteiger partial charge in [-0.1, -0.05) is 41.9 Å². The largest absolute Gasteiger partial charge is 0.495 e. The van der Waals surface area contributed by atoms with Crippen molar-refractivity contribution >= 4 is 50.0 Å². The van der Waals surface area contributed by atoms with E-state index in [4.69, 9.17) is 21.3 Å². The fraction of sp³-hybridized carbons (Fsp3) is 0.357. The van der Waals surface area contributed by atoms with E-state index in [1.807, 2.05) is 24.3 Å². The van der Waals surface area contributed by atoms with Crippen LogP contribution < -0.4 is 10.1 Å². The molecule has 5 rings (SSSR count). The number of nitrogens with one attached hydrogen (secondary N) is 1. The third kappa shape index (κ3) is 5.61. The van der Waals surface area contributed by atoms with E-state index in [0.717, 1.165) is 47.6 Å². The number of thiophene rings is 1. The predicted octanol–water partition coefficient (Wildman–Crippen LogP) is 6.19. The standard InChI is InChI=1S/C28H30ClN3O2S/c1-34-23-9-8-21-17-22-18-24(35-28(22)31-26(21)25(23)29)27(33)30-12-5-13-32-14-10-20(11-15-32)16-19-6-3-2-4-7-19/h2-4,6-9,17-18,20H,5,10-16H2,1H3,(H,30,33). The van der Waals surface area contributed by atoms with E-state index >= 15 is 0 Å². The van der Waals surface area contributed by atoms with E-state index in [-0.39, 0.29) is 5.91 Å². The molecule has 35 heavy (non-hydrogen) atoms. The number of fused-ring (bicyclic) bond motifs is 2. The number of carbonyl (C=O) groups excluding carboxylic acids is 1. The van der Waals surface area contributed by atoms with Gasteiger partial charge in [-0.25, -0.2) is 4.98 Å². The normalized spacial score (nSPS) is 15.0. The fourth-order valence-corrected chi connectivity index (χ4v) is 6.09. The Morgan fingerprint density at radius 2 is 1.94 bits per heavy atom. The molecule has 1 saturated heterocycles. The van der Waals surface area contributed by atoms with Crippen molar-refractivity contribution in [3.63, 3.8) is 0 Å². The van der Waals surface area contributed by atoms with Crippen molar-refractivity contribution in [2.24, 2.45) is 5.92 Å². The number of hydrogen-bond donors (Lipinski definition) is 1. The Bertz CT molecular complexity index is 1320. The first-order valence-corrected chi connectivity index (χ1v) is 13.4. The van der Waals surface area contributed by atoms with Crippen LogP contribution in [0.1, 0.15) is 34.5 Å².